The standard InChI is InChI=1S/C17H24N2O3/c1-20-15-7-6-11(8-16(15)21-12-4-2-3-5-12)17-13-9-18-10-14(13)19-22-17/h6-8,12-14,17-19H,2-5,9-10H2,1H3. The van der Waals surface area contributed by atoms with Crippen LogP contribution in [0.2, 0.25) is 0 Å². The molecule has 1 aliphatic carbocycles. The molecule has 2 N–H and O–H groups in total. The van der Waals surface area contributed by atoms with Gasteiger partial charge in [0.05, 0.1) is 19.3 Å². The van der Waals surface area contributed by atoms with Gasteiger partial charge in [-0.2, -0.15) is 5.48 Å². The Morgan fingerprint density at radius 3 is 2.82 bits per heavy atom. The van der Waals surface area contributed by atoms with Crippen molar-refractivity contribution >= 4 is 0 Å². The summed E-state index contributed by atoms with van der Waals surface area (Å²) in [6.45, 7) is 1.97. The molecule has 0 radical (unpaired) electrons. The lowest BCUT2D eigenvalue weighted by Gasteiger charge is -2.20. The van der Waals surface area contributed by atoms with Gasteiger partial charge in [-0.15, -0.1) is 0 Å². The highest BCUT2D eigenvalue weighted by Gasteiger charge is 2.41. The fourth-order valence-electron chi connectivity index (χ4n) is 3.86. The van der Waals surface area contributed by atoms with E-state index in [1.165, 1.54) is 12.8 Å². The zero-order valence-corrected chi connectivity index (χ0v) is 13.0. The lowest BCUT2D eigenvalue weighted by atomic mass is 9.93. The van der Waals surface area contributed by atoms with Gasteiger partial charge in [0.25, 0.3) is 0 Å². The summed E-state index contributed by atoms with van der Waals surface area (Å²) in [7, 11) is 1.70. The first-order chi connectivity index (χ1) is 10.8. The van der Waals surface area contributed by atoms with Gasteiger partial charge in [0.15, 0.2) is 11.5 Å². The lowest BCUT2D eigenvalue weighted by Crippen LogP contribution is -2.26. The Hall–Kier alpha value is -1.30. The molecule has 0 bridgehead atoms. The molecule has 5 heteroatoms. The number of hydroxylamine groups is 1. The molecular formula is C17H24N2O3. The fourth-order valence-corrected chi connectivity index (χ4v) is 3.86. The third kappa shape index (κ3) is 2.57. The number of hydrogen-bond acceptors (Lipinski definition) is 5. The van der Waals surface area contributed by atoms with Gasteiger partial charge in [-0.05, 0) is 43.4 Å². The molecule has 2 saturated heterocycles. The Kier molecular flexibility index (Phi) is 3.94. The van der Waals surface area contributed by atoms with Crippen molar-refractivity contribution in [1.82, 2.24) is 10.8 Å². The minimum absolute atomic E-state index is 0.0804. The van der Waals surface area contributed by atoms with E-state index < -0.39 is 0 Å². The van der Waals surface area contributed by atoms with Gasteiger partial charge in [-0.1, -0.05) is 6.07 Å². The van der Waals surface area contributed by atoms with Gasteiger partial charge in [0, 0.05) is 19.0 Å². The molecule has 1 saturated carbocycles. The van der Waals surface area contributed by atoms with Crippen LogP contribution in [0.3, 0.4) is 0 Å². The third-order valence-corrected chi connectivity index (χ3v) is 5.11. The summed E-state index contributed by atoms with van der Waals surface area (Å²) in [6.07, 6.45) is 5.21. The first-order valence-electron chi connectivity index (χ1n) is 8.31. The predicted octanol–water partition coefficient (Wildman–Crippen LogP) is 2.18. The second-order valence-electron chi connectivity index (χ2n) is 6.52. The van der Waals surface area contributed by atoms with Gasteiger partial charge in [-0.25, -0.2) is 0 Å². The number of ether oxygens (including phenoxy) is 2. The maximum Gasteiger partial charge on any atom is 0.161 e. The molecule has 3 atom stereocenters. The van der Waals surface area contributed by atoms with Crippen LogP contribution in [-0.4, -0.2) is 32.3 Å². The van der Waals surface area contributed by atoms with Crippen LogP contribution < -0.4 is 20.3 Å². The number of nitrogens with one attached hydrogen (secondary N) is 2. The molecule has 0 aromatic heterocycles. The van der Waals surface area contributed by atoms with Crippen LogP contribution in [0.4, 0.5) is 0 Å². The molecule has 3 fully saturated rings. The third-order valence-electron chi connectivity index (χ3n) is 5.11. The predicted molar refractivity (Wildman–Crippen MR) is 83.0 cm³/mol. The molecule has 3 unspecified atom stereocenters. The van der Waals surface area contributed by atoms with Gasteiger partial charge in [0.2, 0.25) is 0 Å². The molecule has 5 nitrogen and oxygen atoms in total. The van der Waals surface area contributed by atoms with Crippen molar-refractivity contribution in [2.45, 2.75) is 43.9 Å². The van der Waals surface area contributed by atoms with Crippen LogP contribution in [-0.2, 0) is 4.84 Å². The van der Waals surface area contributed by atoms with Crippen molar-refractivity contribution in [2.24, 2.45) is 5.92 Å². The van der Waals surface area contributed by atoms with Gasteiger partial charge < -0.3 is 14.8 Å². The highest BCUT2D eigenvalue weighted by atomic mass is 16.7. The van der Waals surface area contributed by atoms with E-state index in [-0.39, 0.29) is 6.10 Å². The number of methoxy groups -OCH3 is 1. The molecule has 0 amide bonds. The Morgan fingerprint density at radius 1 is 1.14 bits per heavy atom. The number of fused-ring (bicyclic) bond motifs is 1. The number of hydrogen-bond donors (Lipinski definition) is 2. The molecule has 1 aromatic carbocycles. The van der Waals surface area contributed by atoms with E-state index in [0.717, 1.165) is 43.0 Å². The minimum Gasteiger partial charge on any atom is -0.493 e. The van der Waals surface area contributed by atoms with Gasteiger partial charge >= 0.3 is 0 Å². The van der Waals surface area contributed by atoms with Crippen molar-refractivity contribution in [3.05, 3.63) is 23.8 Å². The molecule has 1 aromatic rings. The van der Waals surface area contributed by atoms with Crippen molar-refractivity contribution in [3.8, 4) is 11.5 Å². The Labute approximate surface area is 131 Å². The van der Waals surface area contributed by atoms with Crippen LogP contribution in [0.15, 0.2) is 18.2 Å². The zero-order valence-electron chi connectivity index (χ0n) is 13.0. The van der Waals surface area contributed by atoms with Crippen molar-refractivity contribution in [3.63, 3.8) is 0 Å². The Balaban J connectivity index is 1.57. The second-order valence-corrected chi connectivity index (χ2v) is 6.52. The summed E-state index contributed by atoms with van der Waals surface area (Å²) in [5.41, 5.74) is 4.32. The largest absolute Gasteiger partial charge is 0.493 e. The number of rotatable bonds is 4. The highest BCUT2D eigenvalue weighted by molar-refractivity contribution is 5.44. The summed E-state index contributed by atoms with van der Waals surface area (Å²) in [5, 5.41) is 3.42. The quantitative estimate of drug-likeness (QED) is 0.893. The van der Waals surface area contributed by atoms with Crippen molar-refractivity contribution in [1.29, 1.82) is 0 Å². The average molecular weight is 304 g/mol. The summed E-state index contributed by atoms with van der Waals surface area (Å²) in [5.74, 6) is 2.14. The maximum atomic E-state index is 6.19. The van der Waals surface area contributed by atoms with E-state index in [4.69, 9.17) is 14.3 Å². The van der Waals surface area contributed by atoms with Crippen LogP contribution in [0.5, 0.6) is 11.5 Å². The van der Waals surface area contributed by atoms with Crippen LogP contribution in [0.1, 0.15) is 37.4 Å². The SMILES string of the molecule is COc1ccc(C2ONC3CNCC32)cc1OC1CCCC1. The second kappa shape index (κ2) is 6.07. The average Bonchev–Trinajstić information content (AvgIpc) is 3.24. The molecule has 4 rings (SSSR count). The summed E-state index contributed by atoms with van der Waals surface area (Å²) in [4.78, 5) is 5.82. The maximum absolute atomic E-state index is 6.19. The first kappa shape index (κ1) is 14.3. The van der Waals surface area contributed by atoms with E-state index in [1.54, 1.807) is 7.11 Å². The lowest BCUT2D eigenvalue weighted by molar-refractivity contribution is 0.0143. The zero-order chi connectivity index (χ0) is 14.9. The molecule has 0 spiro atoms. The van der Waals surface area contributed by atoms with E-state index in [1.807, 2.05) is 6.07 Å². The van der Waals surface area contributed by atoms with Crippen LogP contribution in [0.25, 0.3) is 0 Å². The van der Waals surface area contributed by atoms with E-state index in [9.17, 15) is 0 Å². The highest BCUT2D eigenvalue weighted by Crippen LogP contribution is 2.39. The van der Waals surface area contributed by atoms with Crippen molar-refractivity contribution in [2.75, 3.05) is 20.2 Å². The normalized spacial score (nSPS) is 31.4. The van der Waals surface area contributed by atoms with Gasteiger partial charge in [0.1, 0.15) is 6.10 Å². The van der Waals surface area contributed by atoms with Crippen molar-refractivity contribution < 1.29 is 14.3 Å². The smallest absolute Gasteiger partial charge is 0.161 e. The van der Waals surface area contributed by atoms with Gasteiger partial charge in [-0.3, -0.25) is 4.84 Å². The van der Waals surface area contributed by atoms with Crippen LogP contribution >= 0.6 is 0 Å². The Bertz CT molecular complexity index is 531. The number of benzene rings is 1. The Morgan fingerprint density at radius 2 is 2.00 bits per heavy atom. The summed E-state index contributed by atoms with van der Waals surface area (Å²) in [6, 6.07) is 6.60. The summed E-state index contributed by atoms with van der Waals surface area (Å²) >= 11 is 0. The minimum atomic E-state index is 0.0804. The monoisotopic (exact) mass is 304 g/mol. The molecular weight excluding hydrogens is 280 g/mol. The summed E-state index contributed by atoms with van der Waals surface area (Å²) < 4.78 is 11.7. The first-order valence-corrected chi connectivity index (χ1v) is 8.31. The van der Waals surface area contributed by atoms with E-state index in [2.05, 4.69) is 22.9 Å². The fraction of sp³-hybridized carbons (Fsp3) is 0.647. The molecule has 120 valence electrons. The van der Waals surface area contributed by atoms with E-state index >= 15 is 0 Å². The molecule has 3 aliphatic rings. The molecule has 2 aliphatic heterocycles. The topological polar surface area (TPSA) is 51.8 Å². The molecule has 2 heterocycles. The van der Waals surface area contributed by atoms with E-state index in [0.29, 0.717) is 18.1 Å². The molecule has 22 heavy (non-hydrogen) atoms. The van der Waals surface area contributed by atoms with Crippen LogP contribution in [0, 0.1) is 5.92 Å².